The fraction of sp³-hybridized carbons (Fsp3) is 0.156. The Bertz CT molecular complexity index is 1740. The largest absolute Gasteiger partial charge is 0.465 e. The topological polar surface area (TPSA) is 135 Å². The third-order valence-electron chi connectivity index (χ3n) is 6.17. The first-order valence-electron chi connectivity index (χ1n) is 13.0. The van der Waals surface area contributed by atoms with Crippen LogP contribution < -0.4 is 14.8 Å². The lowest BCUT2D eigenvalue weighted by Gasteiger charge is -2.14. The van der Waals surface area contributed by atoms with E-state index in [0.29, 0.717) is 23.4 Å². The van der Waals surface area contributed by atoms with Gasteiger partial charge in [-0.1, -0.05) is 44.2 Å². The molecule has 2 N–H and O–H groups in total. The molecule has 1 amide bonds. The number of rotatable bonds is 10. The Hall–Kier alpha value is -4.98. The summed E-state index contributed by atoms with van der Waals surface area (Å²) in [6, 6.07) is 26.4. The number of nitrogens with zero attached hydrogens (tertiary/aromatic N) is 1. The average molecular weight is 584 g/mol. The van der Waals surface area contributed by atoms with E-state index in [2.05, 4.69) is 10.0 Å². The zero-order valence-corrected chi connectivity index (χ0v) is 24.1. The Labute approximate surface area is 244 Å². The second-order valence-corrected chi connectivity index (χ2v) is 11.5. The van der Waals surface area contributed by atoms with E-state index >= 15 is 0 Å². The van der Waals surface area contributed by atoms with Crippen molar-refractivity contribution in [1.29, 1.82) is 5.26 Å². The Kier molecular flexibility index (Phi) is 9.37. The fourth-order valence-corrected chi connectivity index (χ4v) is 5.13. The number of benzene rings is 4. The molecule has 0 saturated carbocycles. The van der Waals surface area contributed by atoms with Gasteiger partial charge < -0.3 is 14.8 Å². The molecule has 0 aliphatic rings. The summed E-state index contributed by atoms with van der Waals surface area (Å²) < 4.78 is 38.3. The van der Waals surface area contributed by atoms with Crippen molar-refractivity contribution in [2.24, 2.45) is 5.92 Å². The number of sulfonamides is 1. The van der Waals surface area contributed by atoms with E-state index in [1.165, 1.54) is 25.3 Å². The van der Waals surface area contributed by atoms with Crippen molar-refractivity contribution in [2.45, 2.75) is 18.7 Å². The molecule has 4 aromatic carbocycles. The molecule has 42 heavy (non-hydrogen) atoms. The van der Waals surface area contributed by atoms with E-state index < -0.39 is 21.9 Å². The molecule has 0 spiro atoms. The van der Waals surface area contributed by atoms with E-state index in [9.17, 15) is 23.3 Å². The Morgan fingerprint density at radius 2 is 1.52 bits per heavy atom. The normalized spacial score (nSPS) is 11.0. The van der Waals surface area contributed by atoms with Crippen LogP contribution in [0.15, 0.2) is 95.9 Å². The summed E-state index contributed by atoms with van der Waals surface area (Å²) in [6.45, 7) is 4.21. The van der Waals surface area contributed by atoms with Crippen LogP contribution in [0, 0.1) is 17.2 Å². The molecule has 10 heteroatoms. The molecule has 9 nitrogen and oxygen atoms in total. The first kappa shape index (κ1) is 30.0. The number of amides is 1. The van der Waals surface area contributed by atoms with Gasteiger partial charge in [0.05, 0.1) is 34.9 Å². The maximum absolute atomic E-state index is 13.2. The summed E-state index contributed by atoms with van der Waals surface area (Å²) in [5.74, 6) is -0.193. The Morgan fingerprint density at radius 3 is 2.14 bits per heavy atom. The number of methoxy groups -OCH3 is 1. The Morgan fingerprint density at radius 1 is 0.881 bits per heavy atom. The number of carbonyl (C=O) groups is 2. The number of esters is 1. The zero-order chi connectivity index (χ0) is 30.3. The predicted octanol–water partition coefficient (Wildman–Crippen LogP) is 5.99. The van der Waals surface area contributed by atoms with Crippen molar-refractivity contribution in [2.75, 3.05) is 19.0 Å². The number of nitriles is 1. The second-order valence-electron chi connectivity index (χ2n) is 9.75. The maximum atomic E-state index is 13.2. The monoisotopic (exact) mass is 583 g/mol. The molecule has 0 saturated heterocycles. The lowest BCUT2D eigenvalue weighted by molar-refractivity contribution is 0.0600. The van der Waals surface area contributed by atoms with Crippen LogP contribution in [0.1, 0.15) is 40.1 Å². The third-order valence-corrected chi connectivity index (χ3v) is 7.61. The van der Waals surface area contributed by atoms with Crippen molar-refractivity contribution < 1.29 is 27.5 Å². The standard InChI is InChI=1S/C32H29N3O6S/c1-21(2)20-34-42(38,39)28-14-11-24(12-15-28)23-7-9-25(10-8-23)31(36)35-29-18-26(32(37)40-3)13-16-30(29)41-27-6-4-5-22(17-27)19-33/h4-18,21,34H,20H2,1-3H3,(H,35,36). The molecule has 0 radical (unpaired) electrons. The van der Waals surface area contributed by atoms with Gasteiger partial charge in [-0.25, -0.2) is 17.9 Å². The number of carbonyl (C=O) groups excluding carboxylic acids is 2. The molecular weight excluding hydrogens is 554 g/mol. The van der Waals surface area contributed by atoms with Gasteiger partial charge in [-0.15, -0.1) is 0 Å². The molecule has 0 fully saturated rings. The van der Waals surface area contributed by atoms with E-state index in [-0.39, 0.29) is 27.8 Å². The number of hydrogen-bond donors (Lipinski definition) is 2. The number of hydrogen-bond acceptors (Lipinski definition) is 7. The van der Waals surface area contributed by atoms with Gasteiger partial charge in [0.15, 0.2) is 5.75 Å². The van der Waals surface area contributed by atoms with E-state index in [1.54, 1.807) is 72.8 Å². The van der Waals surface area contributed by atoms with Crippen LogP contribution in [0.3, 0.4) is 0 Å². The second kappa shape index (κ2) is 13.1. The summed E-state index contributed by atoms with van der Waals surface area (Å²) in [6.07, 6.45) is 0. The minimum atomic E-state index is -3.60. The molecule has 0 heterocycles. The molecule has 214 valence electrons. The van der Waals surface area contributed by atoms with E-state index in [1.807, 2.05) is 19.9 Å². The lowest BCUT2D eigenvalue weighted by Crippen LogP contribution is -2.27. The molecule has 4 rings (SSSR count). The zero-order valence-electron chi connectivity index (χ0n) is 23.2. The molecule has 0 aliphatic heterocycles. The highest BCUT2D eigenvalue weighted by Gasteiger charge is 2.17. The number of nitrogens with one attached hydrogen (secondary N) is 2. The minimum absolute atomic E-state index is 0.175. The molecule has 0 aliphatic carbocycles. The highest BCUT2D eigenvalue weighted by molar-refractivity contribution is 7.89. The van der Waals surface area contributed by atoms with Crippen molar-refractivity contribution in [3.05, 3.63) is 108 Å². The molecule has 0 bridgehead atoms. The van der Waals surface area contributed by atoms with Crippen molar-refractivity contribution in [1.82, 2.24) is 4.72 Å². The SMILES string of the molecule is COC(=O)c1ccc(Oc2cccc(C#N)c2)c(NC(=O)c2ccc(-c3ccc(S(=O)(=O)NCC(C)C)cc3)cc2)c1. The van der Waals surface area contributed by atoms with E-state index in [4.69, 9.17) is 9.47 Å². The maximum Gasteiger partial charge on any atom is 0.337 e. The van der Waals surface area contributed by atoms with Crippen LogP contribution in [-0.2, 0) is 14.8 Å². The van der Waals surface area contributed by atoms with E-state index in [0.717, 1.165) is 11.1 Å². The van der Waals surface area contributed by atoms with Crippen LogP contribution >= 0.6 is 0 Å². The van der Waals surface area contributed by atoms with Gasteiger partial charge in [-0.3, -0.25) is 4.79 Å². The number of anilines is 1. The average Bonchev–Trinajstić information content (AvgIpc) is 3.00. The fourth-order valence-electron chi connectivity index (χ4n) is 3.91. The quantitative estimate of drug-likeness (QED) is 0.219. The van der Waals surface area contributed by atoms with Gasteiger partial charge in [0.25, 0.3) is 5.91 Å². The van der Waals surface area contributed by atoms with Crippen molar-refractivity contribution in [3.8, 4) is 28.7 Å². The van der Waals surface area contributed by atoms with Gasteiger partial charge in [-0.2, -0.15) is 5.26 Å². The predicted molar refractivity (Wildman–Crippen MR) is 159 cm³/mol. The van der Waals surface area contributed by atoms with Gasteiger partial charge in [0.1, 0.15) is 5.75 Å². The smallest absolute Gasteiger partial charge is 0.337 e. The van der Waals surface area contributed by atoms with Crippen LogP contribution in [0.5, 0.6) is 11.5 Å². The van der Waals surface area contributed by atoms with Gasteiger partial charge in [0, 0.05) is 12.1 Å². The van der Waals surface area contributed by atoms with Crippen LogP contribution in [0.4, 0.5) is 5.69 Å². The molecular formula is C32H29N3O6S. The third kappa shape index (κ3) is 7.40. The molecule has 0 atom stereocenters. The minimum Gasteiger partial charge on any atom is -0.465 e. The van der Waals surface area contributed by atoms with Crippen LogP contribution in [0.25, 0.3) is 11.1 Å². The summed E-state index contributed by atoms with van der Waals surface area (Å²) >= 11 is 0. The summed E-state index contributed by atoms with van der Waals surface area (Å²) in [5.41, 5.74) is 2.77. The highest BCUT2D eigenvalue weighted by Crippen LogP contribution is 2.32. The van der Waals surface area contributed by atoms with Gasteiger partial charge in [-0.05, 0) is 77.7 Å². The first-order valence-corrected chi connectivity index (χ1v) is 14.5. The number of ether oxygens (including phenoxy) is 2. The summed E-state index contributed by atoms with van der Waals surface area (Å²) in [7, 11) is -2.34. The summed E-state index contributed by atoms with van der Waals surface area (Å²) in [4.78, 5) is 25.5. The first-order chi connectivity index (χ1) is 20.1. The van der Waals surface area contributed by atoms with Crippen molar-refractivity contribution >= 4 is 27.6 Å². The molecule has 0 unspecified atom stereocenters. The lowest BCUT2D eigenvalue weighted by atomic mass is 10.0. The Balaban J connectivity index is 1.53. The molecule has 4 aromatic rings. The summed E-state index contributed by atoms with van der Waals surface area (Å²) in [5, 5.41) is 12.0. The highest BCUT2D eigenvalue weighted by atomic mass is 32.2. The van der Waals surface area contributed by atoms with Gasteiger partial charge in [0.2, 0.25) is 10.0 Å². The van der Waals surface area contributed by atoms with Crippen LogP contribution in [0.2, 0.25) is 0 Å². The van der Waals surface area contributed by atoms with Gasteiger partial charge >= 0.3 is 5.97 Å². The van der Waals surface area contributed by atoms with Crippen molar-refractivity contribution in [3.63, 3.8) is 0 Å². The molecule has 0 aromatic heterocycles. The van der Waals surface area contributed by atoms with Crippen LogP contribution in [-0.4, -0.2) is 33.9 Å².